The molecule has 1 aromatic rings. The van der Waals surface area contributed by atoms with E-state index in [-0.39, 0.29) is 29.8 Å². The lowest BCUT2D eigenvalue weighted by Gasteiger charge is -2.39. The zero-order chi connectivity index (χ0) is 24.2. The Hall–Kier alpha value is -2.40. The van der Waals surface area contributed by atoms with Crippen LogP contribution in [0.25, 0.3) is 0 Å². The second-order valence-electron chi connectivity index (χ2n) is 10.4. The second-order valence-corrected chi connectivity index (χ2v) is 10.4. The van der Waals surface area contributed by atoms with Crippen molar-refractivity contribution in [3.63, 3.8) is 0 Å². The average molecular weight is 465 g/mol. The van der Waals surface area contributed by atoms with Crippen LogP contribution in [0.5, 0.6) is 0 Å². The second kappa shape index (κ2) is 10.9. The van der Waals surface area contributed by atoms with E-state index in [2.05, 4.69) is 49.2 Å². The number of hydrogen-bond donors (Lipinski definition) is 1. The highest BCUT2D eigenvalue weighted by atomic mass is 16.5. The zero-order valence-corrected chi connectivity index (χ0v) is 20.6. The lowest BCUT2D eigenvalue weighted by molar-refractivity contribution is -0.315. The van der Waals surface area contributed by atoms with E-state index in [4.69, 9.17) is 4.74 Å². The summed E-state index contributed by atoms with van der Waals surface area (Å²) in [6.07, 6.45) is 18.3. The molecule has 1 aromatic heterocycles. The van der Waals surface area contributed by atoms with Crippen molar-refractivity contribution in [2.75, 3.05) is 0 Å². The van der Waals surface area contributed by atoms with Crippen LogP contribution in [0.3, 0.4) is 0 Å². The Bertz CT molecular complexity index is 943. The van der Waals surface area contributed by atoms with Crippen LogP contribution >= 0.6 is 0 Å². The fraction of sp³-hybridized carbons (Fsp3) is 0.586. The van der Waals surface area contributed by atoms with Gasteiger partial charge in [-0.25, -0.2) is 0 Å². The normalized spacial score (nSPS) is 34.8. The molecule has 1 saturated carbocycles. The van der Waals surface area contributed by atoms with E-state index in [0.717, 1.165) is 25.7 Å². The number of carboxylic acid groups (broad SMARTS) is 1. The molecule has 4 rings (SSSR count). The van der Waals surface area contributed by atoms with E-state index in [1.165, 1.54) is 18.4 Å². The number of carbonyl (C=O) groups excluding carboxylic acids is 2. The summed E-state index contributed by atoms with van der Waals surface area (Å²) in [6, 6.07) is 3.77. The Morgan fingerprint density at radius 3 is 2.76 bits per heavy atom. The number of carboxylic acids is 1. The van der Waals surface area contributed by atoms with E-state index in [0.29, 0.717) is 23.4 Å². The van der Waals surface area contributed by atoms with Crippen molar-refractivity contribution in [1.82, 2.24) is 4.98 Å². The molecule has 0 amide bonds. The van der Waals surface area contributed by atoms with Crippen molar-refractivity contribution in [1.29, 1.82) is 0 Å². The minimum atomic E-state index is -1.05. The van der Waals surface area contributed by atoms with Crippen molar-refractivity contribution >= 4 is 11.8 Å². The summed E-state index contributed by atoms with van der Waals surface area (Å²) in [5.74, 6) is -0.176. The van der Waals surface area contributed by atoms with E-state index >= 15 is 0 Å². The maximum absolute atomic E-state index is 13.4. The van der Waals surface area contributed by atoms with Crippen LogP contribution < -0.4 is 5.11 Å². The minimum absolute atomic E-state index is 0.0379. The highest BCUT2D eigenvalue weighted by Gasteiger charge is 2.42. The van der Waals surface area contributed by atoms with Gasteiger partial charge < -0.3 is 19.6 Å². The number of allylic oxidation sites excluding steroid dienone is 5. The summed E-state index contributed by atoms with van der Waals surface area (Å²) in [5.41, 5.74) is 1.87. The molecule has 8 unspecified atom stereocenters. The quantitative estimate of drug-likeness (QED) is 0.338. The fourth-order valence-electron chi connectivity index (χ4n) is 6.26. The summed E-state index contributed by atoms with van der Waals surface area (Å²) in [4.78, 5) is 27.9. The fourth-order valence-corrected chi connectivity index (χ4v) is 6.26. The lowest BCUT2D eigenvalue weighted by Crippen LogP contribution is -2.44. The maximum atomic E-state index is 13.4. The van der Waals surface area contributed by atoms with Crippen LogP contribution in [-0.2, 0) is 9.53 Å². The van der Waals surface area contributed by atoms with Crippen LogP contribution in [0.1, 0.15) is 69.8 Å². The number of hydrogen-bond acceptors (Lipinski definition) is 4. The molecule has 184 valence electrons. The highest BCUT2D eigenvalue weighted by molar-refractivity contribution is 5.97. The van der Waals surface area contributed by atoms with Gasteiger partial charge in [-0.1, -0.05) is 57.6 Å². The summed E-state index contributed by atoms with van der Waals surface area (Å²) < 4.78 is 6.29. The number of aromatic amines is 1. The summed E-state index contributed by atoms with van der Waals surface area (Å²) >= 11 is 0. The third-order valence-corrected chi connectivity index (χ3v) is 8.34. The number of aromatic nitrogens is 1. The Morgan fingerprint density at radius 2 is 2.06 bits per heavy atom. The van der Waals surface area contributed by atoms with E-state index < -0.39 is 11.9 Å². The number of ketones is 1. The lowest BCUT2D eigenvalue weighted by atomic mass is 9.69. The molecule has 0 spiro atoms. The molecular formula is C29H38NO4-. The monoisotopic (exact) mass is 464 g/mol. The number of H-pyrrole nitrogens is 1. The van der Waals surface area contributed by atoms with Gasteiger partial charge in [-0.3, -0.25) is 4.79 Å². The molecule has 8 atom stereocenters. The third-order valence-electron chi connectivity index (χ3n) is 8.34. The van der Waals surface area contributed by atoms with Crippen molar-refractivity contribution in [3.8, 4) is 0 Å². The Kier molecular flexibility index (Phi) is 7.92. The van der Waals surface area contributed by atoms with Crippen LogP contribution in [0, 0.1) is 35.5 Å². The van der Waals surface area contributed by atoms with Gasteiger partial charge in [0.2, 0.25) is 0 Å². The van der Waals surface area contributed by atoms with Gasteiger partial charge in [-0.15, -0.1) is 0 Å². The molecule has 0 radical (unpaired) electrons. The van der Waals surface area contributed by atoms with E-state index in [9.17, 15) is 14.7 Å². The predicted molar refractivity (Wildman–Crippen MR) is 131 cm³/mol. The Morgan fingerprint density at radius 1 is 1.24 bits per heavy atom. The summed E-state index contributed by atoms with van der Waals surface area (Å²) in [7, 11) is 0. The molecule has 1 saturated heterocycles. The summed E-state index contributed by atoms with van der Waals surface area (Å²) in [6.45, 7) is 5.96. The van der Waals surface area contributed by atoms with E-state index in [1.807, 2.05) is 18.3 Å². The number of fused-ring (bicyclic) bond motifs is 1. The van der Waals surface area contributed by atoms with Crippen LogP contribution in [0.2, 0.25) is 0 Å². The number of aliphatic carboxylic acids is 1. The molecular weight excluding hydrogens is 426 g/mol. The molecule has 2 heterocycles. The first kappa shape index (κ1) is 24.7. The number of Topliss-reactive ketones (excluding diaryl/α,β-unsaturated/α-hetero) is 1. The summed E-state index contributed by atoms with van der Waals surface area (Å²) in [5, 5.41) is 11.4. The van der Waals surface area contributed by atoms with E-state index in [1.54, 1.807) is 6.92 Å². The van der Waals surface area contributed by atoms with Gasteiger partial charge in [-0.05, 0) is 67.6 Å². The number of carbonyl (C=O) groups is 2. The van der Waals surface area contributed by atoms with Crippen molar-refractivity contribution in [2.24, 2.45) is 35.5 Å². The molecule has 2 aliphatic carbocycles. The standard InChI is InChI=1S/C29H39NO4/c1-4-20(28-18(2)13-16-25(34-28)19(3)29(32)33)8-5-10-22-15-14-21-9-6-11-23(21)26(22)27(31)24-12-7-17-30-24/h5,7-8,10,12,14-15,17-19,21-23,25-26,28,30H,4,6,9,11,13,16H2,1-3H3,(H,32,33)/p-1/b10-5+,20-8-. The van der Waals surface area contributed by atoms with Gasteiger partial charge in [0.05, 0.1) is 17.9 Å². The topological polar surface area (TPSA) is 82.2 Å². The Labute approximate surface area is 203 Å². The van der Waals surface area contributed by atoms with Crippen LogP contribution in [0.4, 0.5) is 0 Å². The molecule has 34 heavy (non-hydrogen) atoms. The minimum Gasteiger partial charge on any atom is -0.550 e. The SMILES string of the molecule is CC/C(=C/C=C/C1C=CC2CCCC2C1C(=O)c1ccc[nH]1)C1OC(C(C)C(=O)[O-])CCC1C. The van der Waals surface area contributed by atoms with Gasteiger partial charge in [-0.2, -0.15) is 0 Å². The third kappa shape index (κ3) is 5.14. The van der Waals surface area contributed by atoms with Crippen LogP contribution in [-0.4, -0.2) is 28.9 Å². The smallest absolute Gasteiger partial charge is 0.183 e. The molecule has 0 aromatic carbocycles. The molecule has 5 heteroatoms. The van der Waals surface area contributed by atoms with Crippen LogP contribution in [0.15, 0.2) is 54.3 Å². The largest absolute Gasteiger partial charge is 0.550 e. The molecule has 3 aliphatic rings. The predicted octanol–water partition coefficient (Wildman–Crippen LogP) is 4.88. The molecule has 2 fully saturated rings. The Balaban J connectivity index is 1.53. The van der Waals surface area contributed by atoms with Crippen molar-refractivity contribution < 1.29 is 19.4 Å². The highest BCUT2D eigenvalue weighted by Crippen LogP contribution is 2.46. The first-order valence-electron chi connectivity index (χ1n) is 13.0. The van der Waals surface area contributed by atoms with Gasteiger partial charge >= 0.3 is 0 Å². The number of rotatable bonds is 8. The van der Waals surface area contributed by atoms with Crippen molar-refractivity contribution in [3.05, 3.63) is 60.0 Å². The average Bonchev–Trinajstić information content (AvgIpc) is 3.53. The van der Waals surface area contributed by atoms with Gasteiger partial charge in [0.25, 0.3) is 0 Å². The van der Waals surface area contributed by atoms with Gasteiger partial charge in [0.15, 0.2) is 5.78 Å². The number of nitrogens with one attached hydrogen (secondary N) is 1. The molecule has 1 N–H and O–H groups in total. The maximum Gasteiger partial charge on any atom is 0.183 e. The van der Waals surface area contributed by atoms with Gasteiger partial charge in [0, 0.05) is 29.9 Å². The first-order chi connectivity index (χ1) is 16.4. The molecule has 0 bridgehead atoms. The molecule has 5 nitrogen and oxygen atoms in total. The number of ether oxygens (including phenoxy) is 1. The van der Waals surface area contributed by atoms with Crippen molar-refractivity contribution in [2.45, 2.75) is 71.5 Å². The first-order valence-corrected chi connectivity index (χ1v) is 13.0. The zero-order valence-electron chi connectivity index (χ0n) is 20.6. The van der Waals surface area contributed by atoms with Gasteiger partial charge in [0.1, 0.15) is 0 Å². The molecule has 1 aliphatic heterocycles.